The monoisotopic (exact) mass is 355 g/mol. The lowest BCUT2D eigenvalue weighted by Gasteiger charge is -2.42. The molecule has 5 heteroatoms. The molecule has 140 valence electrons. The molecule has 1 aromatic carbocycles. The summed E-state index contributed by atoms with van der Waals surface area (Å²) in [6, 6.07) is 8.25. The Balaban J connectivity index is 1.34. The van der Waals surface area contributed by atoms with Gasteiger partial charge in [0.1, 0.15) is 5.58 Å². The summed E-state index contributed by atoms with van der Waals surface area (Å²) in [7, 11) is 2.20. The maximum Gasteiger partial charge on any atom is 0.253 e. The van der Waals surface area contributed by atoms with Crippen molar-refractivity contribution in [1.82, 2.24) is 14.7 Å². The number of fused-ring (bicyclic) bond motifs is 1. The molecule has 5 nitrogen and oxygen atoms in total. The number of amides is 1. The second kappa shape index (κ2) is 7.41. The molecule has 0 bridgehead atoms. The lowest BCUT2D eigenvalue weighted by atomic mass is 9.88. The van der Waals surface area contributed by atoms with E-state index in [1.54, 1.807) is 6.26 Å². The van der Waals surface area contributed by atoms with Crippen LogP contribution < -0.4 is 0 Å². The first-order valence-electron chi connectivity index (χ1n) is 9.81. The highest BCUT2D eigenvalue weighted by molar-refractivity contribution is 5.97. The number of piperazine rings is 1. The fourth-order valence-corrected chi connectivity index (χ4v) is 4.39. The van der Waals surface area contributed by atoms with Crippen LogP contribution in [0.3, 0.4) is 0 Å². The van der Waals surface area contributed by atoms with Crippen LogP contribution in [0.25, 0.3) is 11.0 Å². The normalized spacial score (nSPS) is 22.0. The molecule has 0 saturated carbocycles. The quantitative estimate of drug-likeness (QED) is 0.849. The van der Waals surface area contributed by atoms with Gasteiger partial charge in [-0.25, -0.2) is 0 Å². The Morgan fingerprint density at radius 3 is 2.54 bits per heavy atom. The summed E-state index contributed by atoms with van der Waals surface area (Å²) in [5.74, 6) is 0.845. The fourth-order valence-electron chi connectivity index (χ4n) is 4.39. The second-order valence-electron chi connectivity index (χ2n) is 7.88. The number of furan rings is 1. The molecule has 0 N–H and O–H groups in total. The molecule has 2 aliphatic rings. The minimum Gasteiger partial charge on any atom is -0.464 e. The molecule has 2 saturated heterocycles. The maximum atomic E-state index is 12.9. The summed E-state index contributed by atoms with van der Waals surface area (Å²) in [5, 5.41) is 0.995. The topological polar surface area (TPSA) is 39.9 Å². The molecule has 3 heterocycles. The van der Waals surface area contributed by atoms with Gasteiger partial charge in [-0.1, -0.05) is 0 Å². The highest BCUT2D eigenvalue weighted by Gasteiger charge is 2.30. The van der Waals surface area contributed by atoms with E-state index >= 15 is 0 Å². The highest BCUT2D eigenvalue weighted by Crippen LogP contribution is 2.26. The van der Waals surface area contributed by atoms with Gasteiger partial charge in [-0.15, -0.1) is 0 Å². The Labute approximate surface area is 155 Å². The van der Waals surface area contributed by atoms with E-state index in [2.05, 4.69) is 23.8 Å². The van der Waals surface area contributed by atoms with E-state index in [4.69, 9.17) is 4.42 Å². The first-order valence-corrected chi connectivity index (χ1v) is 9.81. The van der Waals surface area contributed by atoms with E-state index in [1.807, 2.05) is 29.2 Å². The zero-order valence-electron chi connectivity index (χ0n) is 15.9. The van der Waals surface area contributed by atoms with Crippen molar-refractivity contribution in [3.05, 3.63) is 36.1 Å². The van der Waals surface area contributed by atoms with Crippen molar-refractivity contribution < 1.29 is 9.21 Å². The minimum atomic E-state index is 0.152. The Kier molecular flexibility index (Phi) is 5.00. The van der Waals surface area contributed by atoms with Crippen molar-refractivity contribution in [2.75, 3.05) is 46.3 Å². The molecule has 4 rings (SSSR count). The van der Waals surface area contributed by atoms with Gasteiger partial charge >= 0.3 is 0 Å². The number of benzene rings is 1. The number of carbonyl (C=O) groups excluding carboxylic acids is 1. The minimum absolute atomic E-state index is 0.152. The molecule has 2 aliphatic heterocycles. The van der Waals surface area contributed by atoms with Gasteiger partial charge < -0.3 is 14.2 Å². The van der Waals surface area contributed by atoms with Crippen LogP contribution in [0.15, 0.2) is 34.9 Å². The van der Waals surface area contributed by atoms with Gasteiger partial charge in [0, 0.05) is 56.3 Å². The van der Waals surface area contributed by atoms with Crippen molar-refractivity contribution in [3.8, 4) is 0 Å². The first kappa shape index (κ1) is 17.6. The van der Waals surface area contributed by atoms with Gasteiger partial charge in [0.2, 0.25) is 0 Å². The number of likely N-dealkylation sites (N-methyl/N-ethyl adjacent to an activating group) is 1. The van der Waals surface area contributed by atoms with E-state index in [1.165, 1.54) is 13.1 Å². The molecular weight excluding hydrogens is 326 g/mol. The lowest BCUT2D eigenvalue weighted by Crippen LogP contribution is -2.52. The SMILES string of the molecule is C[C@@H](C1CCN(C(=O)c2ccc3occc3c2)CC1)N1CCN(C)CC1. The maximum absolute atomic E-state index is 12.9. The molecule has 0 radical (unpaired) electrons. The van der Waals surface area contributed by atoms with Crippen molar-refractivity contribution in [3.63, 3.8) is 0 Å². The van der Waals surface area contributed by atoms with Crippen LogP contribution in [0, 0.1) is 5.92 Å². The number of hydrogen-bond acceptors (Lipinski definition) is 4. The smallest absolute Gasteiger partial charge is 0.253 e. The number of piperidine rings is 1. The van der Waals surface area contributed by atoms with E-state index in [0.717, 1.165) is 55.6 Å². The third kappa shape index (κ3) is 3.51. The summed E-state index contributed by atoms with van der Waals surface area (Å²) in [6.07, 6.45) is 3.88. The first-order chi connectivity index (χ1) is 12.6. The van der Waals surface area contributed by atoms with Gasteiger partial charge in [0.05, 0.1) is 6.26 Å². The third-order valence-corrected chi connectivity index (χ3v) is 6.32. The van der Waals surface area contributed by atoms with Crippen LogP contribution in [0.1, 0.15) is 30.1 Å². The summed E-state index contributed by atoms with van der Waals surface area (Å²) < 4.78 is 5.37. The van der Waals surface area contributed by atoms with E-state index in [-0.39, 0.29) is 5.91 Å². The predicted molar refractivity (Wildman–Crippen MR) is 103 cm³/mol. The average molecular weight is 355 g/mol. The molecule has 1 atom stereocenters. The van der Waals surface area contributed by atoms with Gasteiger partial charge in [0.15, 0.2) is 0 Å². The van der Waals surface area contributed by atoms with Gasteiger partial charge in [0.25, 0.3) is 5.91 Å². The van der Waals surface area contributed by atoms with Crippen LogP contribution in [-0.2, 0) is 0 Å². The van der Waals surface area contributed by atoms with E-state index in [0.29, 0.717) is 12.0 Å². The number of rotatable bonds is 3. The van der Waals surface area contributed by atoms with Crippen molar-refractivity contribution in [2.24, 2.45) is 5.92 Å². The number of nitrogens with zero attached hydrogens (tertiary/aromatic N) is 3. The summed E-state index contributed by atoms with van der Waals surface area (Å²) in [5.41, 5.74) is 1.60. The molecule has 1 aromatic heterocycles. The Morgan fingerprint density at radius 1 is 1.08 bits per heavy atom. The largest absolute Gasteiger partial charge is 0.464 e. The summed E-state index contributed by atoms with van der Waals surface area (Å²) in [4.78, 5) is 19.9. The van der Waals surface area contributed by atoms with Gasteiger partial charge in [-0.05, 0) is 57.0 Å². The second-order valence-corrected chi connectivity index (χ2v) is 7.88. The van der Waals surface area contributed by atoms with Crippen molar-refractivity contribution in [1.29, 1.82) is 0 Å². The molecule has 0 aliphatic carbocycles. The average Bonchev–Trinajstić information content (AvgIpc) is 3.15. The molecule has 1 amide bonds. The Hall–Kier alpha value is -1.85. The molecule has 2 aromatic rings. The number of likely N-dealkylation sites (tertiary alicyclic amines) is 1. The fraction of sp³-hybridized carbons (Fsp3) is 0.571. The third-order valence-electron chi connectivity index (χ3n) is 6.32. The van der Waals surface area contributed by atoms with Crippen LogP contribution in [0.2, 0.25) is 0 Å². The molecule has 2 fully saturated rings. The van der Waals surface area contributed by atoms with Gasteiger partial charge in [-0.3, -0.25) is 9.69 Å². The van der Waals surface area contributed by atoms with E-state index < -0.39 is 0 Å². The summed E-state index contributed by atoms with van der Waals surface area (Å²) >= 11 is 0. The summed E-state index contributed by atoms with van der Waals surface area (Å²) in [6.45, 7) is 8.77. The van der Waals surface area contributed by atoms with Crippen LogP contribution in [0.5, 0.6) is 0 Å². The number of carbonyl (C=O) groups is 1. The molecule has 0 spiro atoms. The van der Waals surface area contributed by atoms with Crippen molar-refractivity contribution >= 4 is 16.9 Å². The Morgan fingerprint density at radius 2 is 1.81 bits per heavy atom. The zero-order chi connectivity index (χ0) is 18.1. The van der Waals surface area contributed by atoms with Crippen LogP contribution in [0.4, 0.5) is 0 Å². The van der Waals surface area contributed by atoms with Crippen LogP contribution in [-0.4, -0.2) is 73.0 Å². The Bertz CT molecular complexity index is 755. The predicted octanol–water partition coefficient (Wildman–Crippen LogP) is 2.92. The molecule has 26 heavy (non-hydrogen) atoms. The lowest BCUT2D eigenvalue weighted by molar-refractivity contribution is 0.0500. The van der Waals surface area contributed by atoms with Gasteiger partial charge in [-0.2, -0.15) is 0 Å². The molecule has 0 unspecified atom stereocenters. The number of hydrogen-bond donors (Lipinski definition) is 0. The van der Waals surface area contributed by atoms with Crippen molar-refractivity contribution in [2.45, 2.75) is 25.8 Å². The van der Waals surface area contributed by atoms with E-state index in [9.17, 15) is 4.79 Å². The van der Waals surface area contributed by atoms with Crippen LogP contribution >= 0.6 is 0 Å². The highest BCUT2D eigenvalue weighted by atomic mass is 16.3. The zero-order valence-corrected chi connectivity index (χ0v) is 15.9. The molecular formula is C21H29N3O2. The standard InChI is InChI=1S/C21H29N3O2/c1-16(23-12-10-22(2)11-13-23)17-5-8-24(9-6-17)21(25)19-3-4-20-18(15-19)7-14-26-20/h3-4,7,14-17H,5-6,8-13H2,1-2H3/t16-/m0/s1.